The summed E-state index contributed by atoms with van der Waals surface area (Å²) in [6.45, 7) is 0. The quantitative estimate of drug-likeness (QED) is 0.752. The van der Waals surface area contributed by atoms with Crippen molar-refractivity contribution in [1.29, 1.82) is 0 Å². The Morgan fingerprint density at radius 1 is 1.14 bits per heavy atom. The minimum Gasteiger partial charge on any atom is -0.399 e. The lowest BCUT2D eigenvalue weighted by Gasteiger charge is -2.04. The molecule has 6 heteroatoms. The number of sulfone groups is 1. The molecule has 1 aromatic heterocycles. The van der Waals surface area contributed by atoms with Crippen LogP contribution in [0, 0.1) is 0 Å². The van der Waals surface area contributed by atoms with Crippen LogP contribution in [-0.4, -0.2) is 18.2 Å². The van der Waals surface area contributed by atoms with Crippen LogP contribution in [0.15, 0.2) is 53.4 Å². The van der Waals surface area contributed by atoms with E-state index in [1.165, 1.54) is 6.07 Å². The zero-order valence-electron chi connectivity index (χ0n) is 11.5. The molecule has 21 heavy (non-hydrogen) atoms. The van der Waals surface area contributed by atoms with Gasteiger partial charge in [-0.15, -0.1) is 0 Å². The highest BCUT2D eigenvalue weighted by Gasteiger charge is 2.19. The van der Waals surface area contributed by atoms with Crippen molar-refractivity contribution < 1.29 is 8.42 Å². The molecule has 3 aromatic rings. The molecule has 0 aliphatic carbocycles. The number of nitrogens with two attached hydrogens (primary N) is 1. The van der Waals surface area contributed by atoms with Gasteiger partial charge in [-0.3, -0.25) is 4.68 Å². The molecule has 0 radical (unpaired) electrons. The molecule has 0 bridgehead atoms. The first kappa shape index (κ1) is 13.6. The molecule has 0 amide bonds. The van der Waals surface area contributed by atoms with E-state index in [2.05, 4.69) is 5.10 Å². The van der Waals surface area contributed by atoms with Crippen LogP contribution in [0.5, 0.6) is 0 Å². The molecule has 108 valence electrons. The van der Waals surface area contributed by atoms with E-state index in [1.807, 2.05) is 24.3 Å². The second-order valence-corrected chi connectivity index (χ2v) is 6.91. The van der Waals surface area contributed by atoms with E-state index in [-0.39, 0.29) is 10.6 Å². The molecular weight excluding hydrogens is 286 g/mol. The Hall–Kier alpha value is -2.34. The van der Waals surface area contributed by atoms with Gasteiger partial charge >= 0.3 is 0 Å². The number of hydrogen-bond donors (Lipinski definition) is 1. The largest absolute Gasteiger partial charge is 0.399 e. The van der Waals surface area contributed by atoms with E-state index < -0.39 is 9.84 Å². The van der Waals surface area contributed by atoms with E-state index in [0.717, 1.165) is 10.9 Å². The predicted octanol–water partition coefficient (Wildman–Crippen LogP) is 2.13. The first-order chi connectivity index (χ1) is 9.97. The fraction of sp³-hybridized carbons (Fsp3) is 0.133. The third-order valence-electron chi connectivity index (χ3n) is 3.38. The van der Waals surface area contributed by atoms with Gasteiger partial charge in [-0.25, -0.2) is 8.42 Å². The first-order valence-electron chi connectivity index (χ1n) is 6.46. The maximum absolute atomic E-state index is 12.5. The van der Waals surface area contributed by atoms with E-state index in [4.69, 9.17) is 5.73 Å². The van der Waals surface area contributed by atoms with Gasteiger partial charge in [0.25, 0.3) is 0 Å². The van der Waals surface area contributed by atoms with Gasteiger partial charge in [-0.1, -0.05) is 24.3 Å². The molecule has 0 atom stereocenters. The molecule has 0 aliphatic rings. The molecule has 5 nitrogen and oxygen atoms in total. The number of fused-ring (bicyclic) bond motifs is 1. The van der Waals surface area contributed by atoms with Gasteiger partial charge < -0.3 is 5.73 Å². The molecule has 0 aliphatic heterocycles. The highest BCUT2D eigenvalue weighted by Crippen LogP contribution is 2.23. The highest BCUT2D eigenvalue weighted by molar-refractivity contribution is 7.90. The van der Waals surface area contributed by atoms with Gasteiger partial charge in [0, 0.05) is 18.1 Å². The Morgan fingerprint density at radius 2 is 1.90 bits per heavy atom. The number of aromatic nitrogens is 2. The molecule has 0 fully saturated rings. The van der Waals surface area contributed by atoms with Gasteiger partial charge in [0.05, 0.1) is 21.9 Å². The van der Waals surface area contributed by atoms with E-state index >= 15 is 0 Å². The van der Waals surface area contributed by atoms with E-state index in [1.54, 1.807) is 29.9 Å². The smallest absolute Gasteiger partial charge is 0.184 e. The Bertz CT molecular complexity index is 914. The van der Waals surface area contributed by atoms with Gasteiger partial charge in [0.15, 0.2) is 9.84 Å². The minimum absolute atomic E-state index is 0.141. The summed E-state index contributed by atoms with van der Waals surface area (Å²) in [6, 6.07) is 13.9. The third-order valence-corrected chi connectivity index (χ3v) is 5.00. The molecule has 2 N–H and O–H groups in total. The van der Waals surface area contributed by atoms with Crippen molar-refractivity contribution in [2.45, 2.75) is 10.6 Å². The Labute approximate surface area is 122 Å². The standard InChI is InChI=1S/C15H15N3O2S/c1-18-15-8-3-2-7-13(15)14(17-18)10-21(19,20)12-6-4-5-11(16)9-12/h2-9H,10,16H2,1H3. The number of anilines is 1. The molecule has 0 saturated heterocycles. The van der Waals surface area contributed by atoms with Gasteiger partial charge in [0.1, 0.15) is 0 Å². The second-order valence-electron chi connectivity index (χ2n) is 4.92. The van der Waals surface area contributed by atoms with Crippen LogP contribution in [0.3, 0.4) is 0 Å². The van der Waals surface area contributed by atoms with Crippen LogP contribution < -0.4 is 5.73 Å². The second kappa shape index (κ2) is 4.89. The summed E-state index contributed by atoms with van der Waals surface area (Å²) >= 11 is 0. The molecular formula is C15H15N3O2S. The summed E-state index contributed by atoms with van der Waals surface area (Å²) in [5.74, 6) is -0.141. The number of rotatable bonds is 3. The van der Waals surface area contributed by atoms with Crippen LogP contribution in [0.1, 0.15) is 5.69 Å². The lowest BCUT2D eigenvalue weighted by Crippen LogP contribution is -2.06. The zero-order chi connectivity index (χ0) is 15.0. The Morgan fingerprint density at radius 3 is 2.67 bits per heavy atom. The summed E-state index contributed by atoms with van der Waals surface area (Å²) in [7, 11) is -1.67. The van der Waals surface area contributed by atoms with E-state index in [0.29, 0.717) is 11.4 Å². The Balaban J connectivity index is 2.06. The van der Waals surface area contributed by atoms with Gasteiger partial charge in [-0.2, -0.15) is 5.10 Å². The average Bonchev–Trinajstić information content (AvgIpc) is 2.75. The maximum Gasteiger partial charge on any atom is 0.184 e. The average molecular weight is 301 g/mol. The fourth-order valence-electron chi connectivity index (χ4n) is 2.37. The summed E-state index contributed by atoms with van der Waals surface area (Å²) in [4.78, 5) is 0.220. The predicted molar refractivity (Wildman–Crippen MR) is 82.5 cm³/mol. The summed E-state index contributed by atoms with van der Waals surface area (Å²) in [5, 5.41) is 5.18. The van der Waals surface area contributed by atoms with Crippen molar-refractivity contribution in [2.24, 2.45) is 7.05 Å². The fourth-order valence-corrected chi connectivity index (χ4v) is 3.71. The number of aryl methyl sites for hydroxylation is 1. The number of benzene rings is 2. The number of hydrogen-bond acceptors (Lipinski definition) is 4. The summed E-state index contributed by atoms with van der Waals surface area (Å²) in [5.41, 5.74) is 7.56. The van der Waals surface area contributed by atoms with Crippen LogP contribution >= 0.6 is 0 Å². The molecule has 0 unspecified atom stereocenters. The van der Waals surface area contributed by atoms with Crippen LogP contribution in [-0.2, 0) is 22.6 Å². The maximum atomic E-state index is 12.5. The van der Waals surface area contributed by atoms with Crippen molar-refractivity contribution >= 4 is 26.4 Å². The van der Waals surface area contributed by atoms with Crippen LogP contribution in [0.4, 0.5) is 5.69 Å². The van der Waals surface area contributed by atoms with Gasteiger partial charge in [0.2, 0.25) is 0 Å². The monoisotopic (exact) mass is 301 g/mol. The van der Waals surface area contributed by atoms with Crippen molar-refractivity contribution in [3.63, 3.8) is 0 Å². The lowest BCUT2D eigenvalue weighted by molar-refractivity contribution is 0.594. The van der Waals surface area contributed by atoms with Crippen molar-refractivity contribution in [1.82, 2.24) is 9.78 Å². The Kier molecular flexibility index (Phi) is 3.17. The van der Waals surface area contributed by atoms with Crippen molar-refractivity contribution in [2.75, 3.05) is 5.73 Å². The molecule has 0 saturated carbocycles. The van der Waals surface area contributed by atoms with Gasteiger partial charge in [-0.05, 0) is 24.3 Å². The zero-order valence-corrected chi connectivity index (χ0v) is 12.3. The number of nitrogens with zero attached hydrogens (tertiary/aromatic N) is 2. The van der Waals surface area contributed by atoms with Crippen molar-refractivity contribution in [3.05, 3.63) is 54.2 Å². The molecule has 0 spiro atoms. The molecule has 2 aromatic carbocycles. The first-order valence-corrected chi connectivity index (χ1v) is 8.11. The highest BCUT2D eigenvalue weighted by atomic mass is 32.2. The minimum atomic E-state index is -3.47. The number of nitrogen functional groups attached to an aromatic ring is 1. The number of para-hydroxylation sites is 1. The summed E-state index contributed by atoms with van der Waals surface area (Å²) < 4.78 is 26.7. The topological polar surface area (TPSA) is 78.0 Å². The molecule has 1 heterocycles. The molecule has 3 rings (SSSR count). The van der Waals surface area contributed by atoms with Crippen LogP contribution in [0.25, 0.3) is 10.9 Å². The SMILES string of the molecule is Cn1nc(CS(=O)(=O)c2cccc(N)c2)c2ccccc21. The van der Waals surface area contributed by atoms with Crippen LogP contribution in [0.2, 0.25) is 0 Å². The summed E-state index contributed by atoms with van der Waals surface area (Å²) in [6.07, 6.45) is 0. The van der Waals surface area contributed by atoms with Crippen molar-refractivity contribution in [3.8, 4) is 0 Å². The normalized spacial score (nSPS) is 11.9. The van der Waals surface area contributed by atoms with E-state index in [9.17, 15) is 8.42 Å². The lowest BCUT2D eigenvalue weighted by atomic mass is 10.2. The third kappa shape index (κ3) is 2.50.